The second-order valence-corrected chi connectivity index (χ2v) is 5.18. The molecule has 1 heterocycles. The van der Waals surface area contributed by atoms with E-state index in [1.165, 1.54) is 0 Å². The van der Waals surface area contributed by atoms with Crippen LogP contribution in [0.25, 0.3) is 11.0 Å². The lowest BCUT2D eigenvalue weighted by Gasteiger charge is -2.31. The number of para-hydroxylation sites is 1. The molecule has 1 N–H and O–H groups in total. The Balaban J connectivity index is 2.87. The topological polar surface area (TPSA) is 55.1 Å². The first-order valence-electron chi connectivity index (χ1n) is 6.66. The summed E-state index contributed by atoms with van der Waals surface area (Å²) in [6.45, 7) is 8.34. The standard InChI is InChI=1S/C15H20N2O2/c1-5-15(4,6-2)17-10(3)16-12-9-7-8-11(13(12)17)14(18)19/h7-9H,5-6H2,1-4H3,(H,18,19). The molecule has 2 aromatic rings. The molecule has 0 bridgehead atoms. The van der Waals surface area contributed by atoms with Gasteiger partial charge in [0, 0.05) is 5.54 Å². The molecule has 0 atom stereocenters. The van der Waals surface area contributed by atoms with Gasteiger partial charge < -0.3 is 9.67 Å². The number of aromatic nitrogens is 2. The van der Waals surface area contributed by atoms with Crippen molar-refractivity contribution in [3.63, 3.8) is 0 Å². The summed E-state index contributed by atoms with van der Waals surface area (Å²) in [4.78, 5) is 16.0. The quantitative estimate of drug-likeness (QED) is 0.914. The molecule has 0 saturated carbocycles. The van der Waals surface area contributed by atoms with E-state index in [0.717, 1.165) is 29.7 Å². The number of carboxylic acids is 1. The van der Waals surface area contributed by atoms with Gasteiger partial charge in [-0.25, -0.2) is 9.78 Å². The zero-order valence-electron chi connectivity index (χ0n) is 11.9. The van der Waals surface area contributed by atoms with Crippen LogP contribution in [0, 0.1) is 6.92 Å². The highest BCUT2D eigenvalue weighted by Gasteiger charge is 2.28. The molecule has 0 fully saturated rings. The largest absolute Gasteiger partial charge is 0.478 e. The zero-order chi connectivity index (χ0) is 14.2. The summed E-state index contributed by atoms with van der Waals surface area (Å²) in [5.41, 5.74) is 1.71. The van der Waals surface area contributed by atoms with E-state index < -0.39 is 5.97 Å². The summed E-state index contributed by atoms with van der Waals surface area (Å²) in [5, 5.41) is 9.39. The van der Waals surface area contributed by atoms with Crippen LogP contribution in [-0.4, -0.2) is 20.6 Å². The predicted octanol–water partition coefficient (Wildman–Crippen LogP) is 3.58. The van der Waals surface area contributed by atoms with Crippen molar-refractivity contribution >= 4 is 17.0 Å². The molecule has 0 unspecified atom stereocenters. The summed E-state index contributed by atoms with van der Waals surface area (Å²) in [7, 11) is 0. The number of hydrogen-bond acceptors (Lipinski definition) is 2. The van der Waals surface area contributed by atoms with Crippen molar-refractivity contribution in [3.8, 4) is 0 Å². The molecule has 2 rings (SSSR count). The number of hydrogen-bond donors (Lipinski definition) is 1. The van der Waals surface area contributed by atoms with Crippen molar-refractivity contribution in [3.05, 3.63) is 29.6 Å². The fourth-order valence-corrected chi connectivity index (χ4v) is 2.64. The van der Waals surface area contributed by atoms with Gasteiger partial charge in [-0.15, -0.1) is 0 Å². The Hall–Kier alpha value is -1.84. The third kappa shape index (κ3) is 2.01. The zero-order valence-corrected chi connectivity index (χ0v) is 11.9. The molecular formula is C15H20N2O2. The van der Waals surface area contributed by atoms with Gasteiger partial charge in [-0.05, 0) is 38.8 Å². The van der Waals surface area contributed by atoms with Crippen LogP contribution in [0.1, 0.15) is 49.8 Å². The number of aryl methyl sites for hydroxylation is 1. The minimum atomic E-state index is -0.902. The average molecular weight is 260 g/mol. The van der Waals surface area contributed by atoms with Gasteiger partial charge in [-0.3, -0.25) is 0 Å². The van der Waals surface area contributed by atoms with Crippen molar-refractivity contribution in [2.75, 3.05) is 0 Å². The van der Waals surface area contributed by atoms with Gasteiger partial charge in [-0.1, -0.05) is 19.9 Å². The molecule has 1 aromatic heterocycles. The lowest BCUT2D eigenvalue weighted by atomic mass is 9.94. The first kappa shape index (κ1) is 13.6. The highest BCUT2D eigenvalue weighted by Crippen LogP contribution is 2.32. The Kier molecular flexibility index (Phi) is 3.35. The highest BCUT2D eigenvalue weighted by atomic mass is 16.4. The van der Waals surface area contributed by atoms with E-state index in [1.54, 1.807) is 12.1 Å². The third-order valence-electron chi connectivity index (χ3n) is 4.14. The first-order chi connectivity index (χ1) is 8.94. The Morgan fingerprint density at radius 3 is 2.53 bits per heavy atom. The van der Waals surface area contributed by atoms with Crippen molar-refractivity contribution in [2.24, 2.45) is 0 Å². The van der Waals surface area contributed by atoms with Gasteiger partial charge in [0.1, 0.15) is 5.82 Å². The van der Waals surface area contributed by atoms with Crippen LogP contribution >= 0.6 is 0 Å². The molecule has 0 amide bonds. The van der Waals surface area contributed by atoms with Gasteiger partial charge in [0.05, 0.1) is 16.6 Å². The lowest BCUT2D eigenvalue weighted by molar-refractivity contribution is 0.0698. The monoisotopic (exact) mass is 260 g/mol. The second-order valence-electron chi connectivity index (χ2n) is 5.18. The maximum Gasteiger partial charge on any atom is 0.337 e. The van der Waals surface area contributed by atoms with Crippen LogP contribution in [0.4, 0.5) is 0 Å². The number of fused-ring (bicyclic) bond motifs is 1. The van der Waals surface area contributed by atoms with E-state index in [-0.39, 0.29) is 5.54 Å². The molecule has 102 valence electrons. The van der Waals surface area contributed by atoms with E-state index in [1.807, 2.05) is 13.0 Å². The average Bonchev–Trinajstić information content (AvgIpc) is 2.73. The van der Waals surface area contributed by atoms with Crippen molar-refractivity contribution in [1.82, 2.24) is 9.55 Å². The fourth-order valence-electron chi connectivity index (χ4n) is 2.64. The van der Waals surface area contributed by atoms with Crippen LogP contribution in [0.2, 0.25) is 0 Å². The summed E-state index contributed by atoms with van der Waals surface area (Å²) in [6.07, 6.45) is 1.87. The first-order valence-corrected chi connectivity index (χ1v) is 6.66. The maximum atomic E-state index is 11.4. The Morgan fingerprint density at radius 2 is 2.00 bits per heavy atom. The number of carbonyl (C=O) groups is 1. The summed E-state index contributed by atoms with van der Waals surface area (Å²) in [6, 6.07) is 5.27. The van der Waals surface area contributed by atoms with E-state index >= 15 is 0 Å². The SMILES string of the molecule is CCC(C)(CC)n1c(C)nc2cccc(C(=O)O)c21. The molecule has 0 aliphatic heterocycles. The lowest BCUT2D eigenvalue weighted by Crippen LogP contribution is -2.30. The summed E-state index contributed by atoms with van der Waals surface area (Å²) < 4.78 is 2.09. The molecule has 19 heavy (non-hydrogen) atoms. The predicted molar refractivity (Wildman–Crippen MR) is 75.7 cm³/mol. The van der Waals surface area contributed by atoms with Crippen molar-refractivity contribution in [2.45, 2.75) is 46.1 Å². The van der Waals surface area contributed by atoms with E-state index in [2.05, 4.69) is 30.3 Å². The van der Waals surface area contributed by atoms with Gasteiger partial charge in [0.2, 0.25) is 0 Å². The number of carboxylic acid groups (broad SMARTS) is 1. The minimum Gasteiger partial charge on any atom is -0.478 e. The fraction of sp³-hybridized carbons (Fsp3) is 0.467. The number of rotatable bonds is 4. The molecule has 0 aliphatic rings. The van der Waals surface area contributed by atoms with Gasteiger partial charge >= 0.3 is 5.97 Å². The Labute approximate surface area is 113 Å². The van der Waals surface area contributed by atoms with Gasteiger partial charge in [0.15, 0.2) is 0 Å². The summed E-state index contributed by atoms with van der Waals surface area (Å²) in [5.74, 6) is -0.0313. The molecular weight excluding hydrogens is 240 g/mol. The molecule has 0 radical (unpaired) electrons. The van der Waals surface area contributed by atoms with Crippen LogP contribution in [0.5, 0.6) is 0 Å². The van der Waals surface area contributed by atoms with Crippen LogP contribution in [0.15, 0.2) is 18.2 Å². The van der Waals surface area contributed by atoms with Crippen molar-refractivity contribution in [1.29, 1.82) is 0 Å². The van der Waals surface area contributed by atoms with Crippen molar-refractivity contribution < 1.29 is 9.90 Å². The molecule has 0 aliphatic carbocycles. The molecule has 1 aromatic carbocycles. The second kappa shape index (κ2) is 4.68. The minimum absolute atomic E-state index is 0.107. The number of aromatic carboxylic acids is 1. The third-order valence-corrected chi connectivity index (χ3v) is 4.14. The highest BCUT2D eigenvalue weighted by molar-refractivity contribution is 6.01. The number of benzene rings is 1. The number of imidazole rings is 1. The molecule has 4 nitrogen and oxygen atoms in total. The van der Waals surface area contributed by atoms with Gasteiger partial charge in [0.25, 0.3) is 0 Å². The van der Waals surface area contributed by atoms with Gasteiger partial charge in [-0.2, -0.15) is 0 Å². The molecule has 4 heteroatoms. The van der Waals surface area contributed by atoms with Crippen LogP contribution in [0.3, 0.4) is 0 Å². The van der Waals surface area contributed by atoms with Crippen LogP contribution < -0.4 is 0 Å². The molecule has 0 saturated heterocycles. The summed E-state index contributed by atoms with van der Waals surface area (Å²) >= 11 is 0. The maximum absolute atomic E-state index is 11.4. The van der Waals surface area contributed by atoms with E-state index in [0.29, 0.717) is 5.56 Å². The van der Waals surface area contributed by atoms with E-state index in [4.69, 9.17) is 0 Å². The number of nitrogens with zero attached hydrogens (tertiary/aromatic N) is 2. The normalized spacial score (nSPS) is 12.0. The Bertz CT molecular complexity index is 624. The van der Waals surface area contributed by atoms with Crippen LogP contribution in [-0.2, 0) is 5.54 Å². The van der Waals surface area contributed by atoms with E-state index in [9.17, 15) is 9.90 Å². The molecule has 0 spiro atoms. The Morgan fingerprint density at radius 1 is 1.37 bits per heavy atom. The smallest absolute Gasteiger partial charge is 0.337 e.